The largest absolute Gasteiger partial charge is 0.443 e. The van der Waals surface area contributed by atoms with Crippen molar-refractivity contribution in [2.24, 2.45) is 0 Å². The van der Waals surface area contributed by atoms with Crippen molar-refractivity contribution in [1.29, 1.82) is 0 Å². The third-order valence-corrected chi connectivity index (χ3v) is 6.32. The monoisotopic (exact) mass is 430 g/mol. The lowest BCUT2D eigenvalue weighted by molar-refractivity contribution is 0.590. The van der Waals surface area contributed by atoms with Crippen LogP contribution in [0.5, 0.6) is 0 Å². The quantitative estimate of drug-likeness (QED) is 0.326. The van der Waals surface area contributed by atoms with E-state index < -0.39 is 6.92 Å². The molecule has 1 N–H and O–H groups in total. The van der Waals surface area contributed by atoms with Gasteiger partial charge in [0.1, 0.15) is 0 Å². The van der Waals surface area contributed by atoms with Crippen molar-refractivity contribution < 1.29 is 5.02 Å². The minimum Gasteiger partial charge on any atom is -0.443 e. The van der Waals surface area contributed by atoms with Gasteiger partial charge in [-0.25, -0.2) is 0 Å². The van der Waals surface area contributed by atoms with E-state index in [1.54, 1.807) is 0 Å². The summed E-state index contributed by atoms with van der Waals surface area (Å²) in [6.45, 7) is 12.1. The lowest BCUT2D eigenvalue weighted by Crippen LogP contribution is -2.46. The van der Waals surface area contributed by atoms with Gasteiger partial charge in [0, 0.05) is 11.1 Å². The summed E-state index contributed by atoms with van der Waals surface area (Å²) >= 11 is 0. The van der Waals surface area contributed by atoms with Crippen molar-refractivity contribution in [3.63, 3.8) is 0 Å². The zero-order valence-corrected chi connectivity index (χ0v) is 20.5. The highest BCUT2D eigenvalue weighted by Crippen LogP contribution is 2.22. The van der Waals surface area contributed by atoms with Gasteiger partial charge < -0.3 is 5.02 Å². The highest BCUT2D eigenvalue weighted by Gasteiger charge is 2.24. The van der Waals surface area contributed by atoms with Crippen LogP contribution in [0.3, 0.4) is 0 Å². The Morgan fingerprint density at radius 2 is 1.30 bits per heavy atom. The van der Waals surface area contributed by atoms with Crippen LogP contribution in [0.2, 0.25) is 0 Å². The molecule has 0 radical (unpaired) electrons. The molecule has 0 aliphatic rings. The summed E-state index contributed by atoms with van der Waals surface area (Å²) in [5.74, 6) is 6.70. The number of fused-ring (bicyclic) bond motifs is 1. The van der Waals surface area contributed by atoms with Crippen LogP contribution in [-0.2, 0) is 5.41 Å². The smallest absolute Gasteiger partial charge is 0.360 e. The molecule has 0 fully saturated rings. The van der Waals surface area contributed by atoms with E-state index in [-0.39, 0.29) is 5.41 Å². The van der Waals surface area contributed by atoms with Crippen LogP contribution < -0.4 is 10.9 Å². The number of hydrogen-bond acceptors (Lipinski definition) is 1. The third kappa shape index (κ3) is 4.90. The first-order valence-corrected chi connectivity index (χ1v) is 11.5. The van der Waals surface area contributed by atoms with E-state index in [0.29, 0.717) is 0 Å². The topological polar surface area (TPSA) is 20.2 Å². The van der Waals surface area contributed by atoms with E-state index in [1.807, 2.05) is 12.1 Å². The Bertz CT molecular complexity index is 1360. The molecular weight excluding hydrogens is 399 g/mol. The first-order chi connectivity index (χ1) is 15.6. The molecule has 0 aliphatic heterocycles. The lowest BCUT2D eigenvalue weighted by Gasteiger charge is -2.18. The molecule has 0 amide bonds. The maximum absolute atomic E-state index is 11.5. The summed E-state index contributed by atoms with van der Waals surface area (Å²) in [5, 5.41) is 13.8. The van der Waals surface area contributed by atoms with Crippen molar-refractivity contribution in [3.05, 3.63) is 106 Å². The van der Waals surface area contributed by atoms with Gasteiger partial charge in [0.05, 0.1) is 0 Å². The SMILES string of the molecule is Cc1cc(C)c(B(O)c2cc3ccccc3cc2C#Cc2ccc(C(C)(C)C)cc2)c(C)c1. The van der Waals surface area contributed by atoms with Gasteiger partial charge in [-0.3, -0.25) is 0 Å². The Morgan fingerprint density at radius 1 is 0.727 bits per heavy atom. The fourth-order valence-electron chi connectivity index (χ4n) is 4.56. The minimum absolute atomic E-state index is 0.116. The van der Waals surface area contributed by atoms with Crippen LogP contribution in [0.25, 0.3) is 10.8 Å². The maximum Gasteiger partial charge on any atom is 0.360 e. The fourth-order valence-corrected chi connectivity index (χ4v) is 4.56. The van der Waals surface area contributed by atoms with E-state index in [1.165, 1.54) is 11.1 Å². The number of aryl methyl sites for hydroxylation is 3. The predicted molar refractivity (Wildman–Crippen MR) is 143 cm³/mol. The zero-order valence-electron chi connectivity index (χ0n) is 20.5. The van der Waals surface area contributed by atoms with E-state index in [2.05, 4.69) is 114 Å². The Kier molecular flexibility index (Phi) is 6.20. The van der Waals surface area contributed by atoms with Crippen LogP contribution in [0, 0.1) is 32.6 Å². The normalized spacial score (nSPS) is 11.2. The Labute approximate surface area is 198 Å². The first-order valence-electron chi connectivity index (χ1n) is 11.5. The van der Waals surface area contributed by atoms with Gasteiger partial charge in [-0.15, -0.1) is 0 Å². The van der Waals surface area contributed by atoms with E-state index in [4.69, 9.17) is 0 Å². The van der Waals surface area contributed by atoms with Gasteiger partial charge in [-0.2, -0.15) is 0 Å². The second kappa shape index (κ2) is 8.93. The highest BCUT2D eigenvalue weighted by atomic mass is 16.2. The van der Waals surface area contributed by atoms with E-state index in [9.17, 15) is 5.02 Å². The van der Waals surface area contributed by atoms with Crippen LogP contribution in [0.1, 0.15) is 54.2 Å². The molecule has 0 spiro atoms. The summed E-state index contributed by atoms with van der Waals surface area (Å²) in [6, 6.07) is 25.2. The van der Waals surface area contributed by atoms with E-state index in [0.717, 1.165) is 44.0 Å². The molecule has 4 aromatic carbocycles. The predicted octanol–water partition coefficient (Wildman–Crippen LogP) is 5.56. The molecule has 0 unspecified atom stereocenters. The van der Waals surface area contributed by atoms with E-state index >= 15 is 0 Å². The van der Waals surface area contributed by atoms with Gasteiger partial charge >= 0.3 is 6.92 Å². The number of rotatable bonds is 2. The molecule has 33 heavy (non-hydrogen) atoms. The van der Waals surface area contributed by atoms with Crippen LogP contribution >= 0.6 is 0 Å². The van der Waals surface area contributed by atoms with Gasteiger partial charge in [0.25, 0.3) is 0 Å². The first kappa shape index (κ1) is 22.9. The Balaban J connectivity index is 1.82. The molecule has 0 saturated heterocycles. The van der Waals surface area contributed by atoms with Crippen molar-refractivity contribution in [2.45, 2.75) is 47.0 Å². The standard InChI is InChI=1S/C31H31BO/c1-21-17-22(2)30(23(3)18-21)32(33)29-20-26-10-8-7-9-25(26)19-27(29)14-11-24-12-15-28(16-13-24)31(4,5)6/h7-10,12-13,15-20,33H,1-6H3. The molecule has 0 saturated carbocycles. The van der Waals surface area contributed by atoms with Crippen molar-refractivity contribution >= 4 is 28.6 Å². The molecule has 0 aliphatic carbocycles. The molecule has 164 valence electrons. The molecule has 1 nitrogen and oxygen atoms in total. The van der Waals surface area contributed by atoms with Crippen molar-refractivity contribution in [1.82, 2.24) is 0 Å². The molecule has 0 atom stereocenters. The molecule has 0 aromatic heterocycles. The molecule has 2 heteroatoms. The summed E-state index contributed by atoms with van der Waals surface area (Å²) in [7, 11) is 0. The number of benzene rings is 4. The van der Waals surface area contributed by atoms with Gasteiger partial charge in [-0.05, 0) is 71.6 Å². The summed E-state index contributed by atoms with van der Waals surface area (Å²) < 4.78 is 0. The zero-order chi connectivity index (χ0) is 23.8. The lowest BCUT2D eigenvalue weighted by atomic mass is 9.52. The Morgan fingerprint density at radius 3 is 1.88 bits per heavy atom. The van der Waals surface area contributed by atoms with Crippen molar-refractivity contribution in [2.75, 3.05) is 0 Å². The highest BCUT2D eigenvalue weighted by molar-refractivity contribution is 6.80. The second-order valence-electron chi connectivity index (χ2n) is 10.1. The van der Waals surface area contributed by atoms with Gasteiger partial charge in [0.2, 0.25) is 0 Å². The average Bonchev–Trinajstić information content (AvgIpc) is 2.76. The molecule has 0 bridgehead atoms. The Hall–Kier alpha value is -3.28. The third-order valence-electron chi connectivity index (χ3n) is 6.32. The van der Waals surface area contributed by atoms with Gasteiger partial charge in [0.15, 0.2) is 0 Å². The summed E-state index contributed by atoms with van der Waals surface area (Å²) in [6.07, 6.45) is 0. The average molecular weight is 430 g/mol. The minimum atomic E-state index is -0.734. The number of hydrogen-bond donors (Lipinski definition) is 1. The van der Waals surface area contributed by atoms with Crippen LogP contribution in [0.15, 0.2) is 72.8 Å². The second-order valence-corrected chi connectivity index (χ2v) is 10.1. The molecule has 0 heterocycles. The molecule has 4 rings (SSSR count). The maximum atomic E-state index is 11.5. The molecular formula is C31H31BO. The fraction of sp³-hybridized carbons (Fsp3) is 0.226. The van der Waals surface area contributed by atoms with Crippen LogP contribution in [0.4, 0.5) is 0 Å². The van der Waals surface area contributed by atoms with Crippen molar-refractivity contribution in [3.8, 4) is 11.8 Å². The van der Waals surface area contributed by atoms with Crippen LogP contribution in [-0.4, -0.2) is 11.9 Å². The summed E-state index contributed by atoms with van der Waals surface area (Å²) in [4.78, 5) is 0. The van der Waals surface area contributed by atoms with Gasteiger partial charge in [-0.1, -0.05) is 104 Å². The summed E-state index contributed by atoms with van der Waals surface area (Å²) in [5.41, 5.74) is 8.47. The molecule has 4 aromatic rings.